The third-order valence-corrected chi connectivity index (χ3v) is 6.76. The van der Waals surface area contributed by atoms with Crippen LogP contribution in [0.2, 0.25) is 0 Å². The number of aryl methyl sites for hydroxylation is 1. The summed E-state index contributed by atoms with van der Waals surface area (Å²) in [5, 5.41) is 3.40. The third kappa shape index (κ3) is 4.27. The summed E-state index contributed by atoms with van der Waals surface area (Å²) in [5.74, 6) is -0.646. The van der Waals surface area contributed by atoms with E-state index in [-0.39, 0.29) is 24.1 Å². The first kappa shape index (κ1) is 21.0. The summed E-state index contributed by atoms with van der Waals surface area (Å²) in [4.78, 5) is 43.5. The lowest BCUT2D eigenvalue weighted by Crippen LogP contribution is -2.31. The Balaban J connectivity index is 1.30. The molecule has 3 aromatic carbocycles. The lowest BCUT2D eigenvalue weighted by atomic mass is 10.1. The van der Waals surface area contributed by atoms with E-state index in [0.29, 0.717) is 16.9 Å². The average Bonchev–Trinajstić information content (AvgIpc) is 3.37. The van der Waals surface area contributed by atoms with E-state index in [0.717, 1.165) is 21.4 Å². The van der Waals surface area contributed by atoms with Gasteiger partial charge in [0.1, 0.15) is 0 Å². The number of benzene rings is 3. The number of anilines is 2. The van der Waals surface area contributed by atoms with Crippen molar-refractivity contribution in [2.45, 2.75) is 23.5 Å². The van der Waals surface area contributed by atoms with Crippen LogP contribution in [0.3, 0.4) is 0 Å². The van der Waals surface area contributed by atoms with Crippen LogP contribution >= 0.6 is 11.8 Å². The summed E-state index contributed by atoms with van der Waals surface area (Å²) in [7, 11) is 0. The molecule has 0 bridgehead atoms. The summed E-state index contributed by atoms with van der Waals surface area (Å²) < 4.78 is 0. The molecule has 3 amide bonds. The summed E-state index contributed by atoms with van der Waals surface area (Å²) in [5.41, 5.74) is 3.74. The Hall–Kier alpha value is -3.84. The van der Waals surface area contributed by atoms with E-state index in [1.165, 1.54) is 16.7 Å². The van der Waals surface area contributed by atoms with Crippen molar-refractivity contribution < 1.29 is 14.4 Å². The number of nitrogens with zero attached hydrogens (tertiary/aromatic N) is 1. The maximum Gasteiger partial charge on any atom is 0.255 e. The summed E-state index contributed by atoms with van der Waals surface area (Å²) in [6, 6.07) is 22.1. The van der Waals surface area contributed by atoms with Gasteiger partial charge in [0.15, 0.2) is 0 Å². The van der Waals surface area contributed by atoms with E-state index >= 15 is 0 Å². The lowest BCUT2D eigenvalue weighted by Gasteiger charge is -2.15. The van der Waals surface area contributed by atoms with Gasteiger partial charge in [0.25, 0.3) is 5.91 Å². The second-order valence-electron chi connectivity index (χ2n) is 7.98. The Morgan fingerprint density at radius 3 is 2.67 bits per heavy atom. The molecule has 1 saturated heterocycles. The zero-order chi connectivity index (χ0) is 22.9. The van der Waals surface area contributed by atoms with E-state index in [2.05, 4.69) is 10.3 Å². The maximum absolute atomic E-state index is 13.1. The van der Waals surface area contributed by atoms with Crippen LogP contribution in [0, 0.1) is 6.92 Å². The van der Waals surface area contributed by atoms with E-state index in [1.54, 1.807) is 24.3 Å². The molecule has 7 heteroatoms. The molecule has 0 radical (unpaired) electrons. The number of amides is 3. The molecule has 2 heterocycles. The van der Waals surface area contributed by atoms with Crippen molar-refractivity contribution >= 4 is 51.8 Å². The molecule has 164 valence electrons. The Morgan fingerprint density at radius 1 is 1.03 bits per heavy atom. The van der Waals surface area contributed by atoms with E-state index in [9.17, 15) is 14.4 Å². The number of hydrogen-bond donors (Lipinski definition) is 2. The average molecular weight is 456 g/mol. The predicted octanol–water partition coefficient (Wildman–Crippen LogP) is 5.15. The van der Waals surface area contributed by atoms with Crippen LogP contribution in [0.5, 0.6) is 0 Å². The molecule has 1 atom stereocenters. The number of aromatic amines is 1. The number of H-pyrrole nitrogens is 1. The smallest absolute Gasteiger partial charge is 0.255 e. The van der Waals surface area contributed by atoms with Gasteiger partial charge < -0.3 is 10.3 Å². The van der Waals surface area contributed by atoms with E-state index in [1.807, 2.05) is 61.7 Å². The Kier molecular flexibility index (Phi) is 5.48. The van der Waals surface area contributed by atoms with Gasteiger partial charge in [0.05, 0.1) is 10.9 Å². The maximum atomic E-state index is 13.1. The van der Waals surface area contributed by atoms with Crippen LogP contribution in [0.4, 0.5) is 11.4 Å². The van der Waals surface area contributed by atoms with Crippen molar-refractivity contribution in [3.8, 4) is 0 Å². The molecular weight excluding hydrogens is 434 g/mol. The van der Waals surface area contributed by atoms with Crippen molar-refractivity contribution in [3.05, 3.63) is 90.1 Å². The number of hydrogen-bond acceptors (Lipinski definition) is 4. The van der Waals surface area contributed by atoms with Crippen molar-refractivity contribution in [1.82, 2.24) is 4.98 Å². The first-order valence-electron chi connectivity index (χ1n) is 10.6. The molecule has 0 aliphatic carbocycles. The minimum absolute atomic E-state index is 0.131. The van der Waals surface area contributed by atoms with Crippen LogP contribution in [-0.4, -0.2) is 28.0 Å². The zero-order valence-corrected chi connectivity index (χ0v) is 18.7. The molecule has 2 N–H and O–H groups in total. The molecule has 6 nitrogen and oxygen atoms in total. The number of nitrogens with one attached hydrogen (secondary N) is 2. The molecule has 0 saturated carbocycles. The highest BCUT2D eigenvalue weighted by Gasteiger charge is 2.40. The Bertz CT molecular complexity index is 1380. The third-order valence-electron chi connectivity index (χ3n) is 5.59. The molecule has 1 aromatic heterocycles. The quantitative estimate of drug-likeness (QED) is 0.408. The Morgan fingerprint density at radius 2 is 1.85 bits per heavy atom. The summed E-state index contributed by atoms with van der Waals surface area (Å²) in [6.07, 6.45) is 1.96. The van der Waals surface area contributed by atoms with Crippen LogP contribution in [0.25, 0.3) is 10.9 Å². The van der Waals surface area contributed by atoms with Gasteiger partial charge in [-0.25, -0.2) is 4.90 Å². The monoisotopic (exact) mass is 455 g/mol. The number of thioether (sulfide) groups is 1. The fourth-order valence-electron chi connectivity index (χ4n) is 3.86. The first-order valence-corrected chi connectivity index (χ1v) is 11.4. The second-order valence-corrected chi connectivity index (χ2v) is 9.25. The summed E-state index contributed by atoms with van der Waals surface area (Å²) >= 11 is 1.33. The van der Waals surface area contributed by atoms with Gasteiger partial charge in [-0.3, -0.25) is 14.4 Å². The minimum Gasteiger partial charge on any atom is -0.361 e. The molecule has 1 aliphatic rings. The number of fused-ring (bicyclic) bond motifs is 1. The largest absolute Gasteiger partial charge is 0.361 e. The molecular formula is C26H21N3O3S. The number of carbonyl (C=O) groups excluding carboxylic acids is 3. The van der Waals surface area contributed by atoms with Crippen molar-refractivity contribution in [2.24, 2.45) is 0 Å². The highest BCUT2D eigenvalue weighted by atomic mass is 32.2. The van der Waals surface area contributed by atoms with Gasteiger partial charge in [0.2, 0.25) is 11.8 Å². The fraction of sp³-hybridized carbons (Fsp3) is 0.115. The number of aromatic nitrogens is 1. The molecule has 1 unspecified atom stereocenters. The molecule has 1 fully saturated rings. The van der Waals surface area contributed by atoms with E-state index in [4.69, 9.17) is 0 Å². The molecule has 0 spiro atoms. The van der Waals surface area contributed by atoms with Gasteiger partial charge in [-0.05, 0) is 60.8 Å². The standard InChI is InChI=1S/C26H21N3O3S/c1-16-5-7-18(8-6-16)25(31)28-19-3-2-4-21(13-19)33-23-15-24(30)29(26(23)32)20-10-9-17-11-12-27-22(17)14-20/h2-14,23,27H,15H2,1H3,(H,28,31). The van der Waals surface area contributed by atoms with Gasteiger partial charge in [-0.1, -0.05) is 29.8 Å². The first-order chi connectivity index (χ1) is 16.0. The van der Waals surface area contributed by atoms with Gasteiger partial charge in [-0.15, -0.1) is 11.8 Å². The molecule has 4 aromatic rings. The number of carbonyl (C=O) groups is 3. The fourth-order valence-corrected chi connectivity index (χ4v) is 4.97. The van der Waals surface area contributed by atoms with Crippen molar-refractivity contribution in [1.29, 1.82) is 0 Å². The predicted molar refractivity (Wildman–Crippen MR) is 131 cm³/mol. The lowest BCUT2D eigenvalue weighted by molar-refractivity contribution is -0.121. The molecule has 33 heavy (non-hydrogen) atoms. The van der Waals surface area contributed by atoms with Crippen LogP contribution in [0.1, 0.15) is 22.3 Å². The highest BCUT2D eigenvalue weighted by Crippen LogP contribution is 2.35. The minimum atomic E-state index is -0.514. The molecule has 1 aliphatic heterocycles. The van der Waals surface area contributed by atoms with Crippen LogP contribution in [0.15, 0.2) is 83.9 Å². The van der Waals surface area contributed by atoms with Gasteiger partial charge in [-0.2, -0.15) is 0 Å². The SMILES string of the molecule is Cc1ccc(C(=O)Nc2cccc(SC3CC(=O)N(c4ccc5cc[nH]c5c4)C3=O)c2)cc1. The Labute approximate surface area is 195 Å². The number of rotatable bonds is 5. The van der Waals surface area contributed by atoms with Crippen LogP contribution < -0.4 is 10.2 Å². The highest BCUT2D eigenvalue weighted by molar-refractivity contribution is 8.00. The van der Waals surface area contributed by atoms with Gasteiger partial charge >= 0.3 is 0 Å². The van der Waals surface area contributed by atoms with Crippen molar-refractivity contribution in [2.75, 3.05) is 10.2 Å². The van der Waals surface area contributed by atoms with E-state index < -0.39 is 5.25 Å². The van der Waals surface area contributed by atoms with Crippen LogP contribution in [-0.2, 0) is 9.59 Å². The van der Waals surface area contributed by atoms with Gasteiger partial charge in [0, 0.05) is 34.3 Å². The normalized spacial score (nSPS) is 15.9. The number of imide groups is 1. The zero-order valence-electron chi connectivity index (χ0n) is 17.9. The second kappa shape index (κ2) is 8.60. The van der Waals surface area contributed by atoms with Crippen molar-refractivity contribution in [3.63, 3.8) is 0 Å². The summed E-state index contributed by atoms with van der Waals surface area (Å²) in [6.45, 7) is 1.97. The topological polar surface area (TPSA) is 82.3 Å². The molecule has 5 rings (SSSR count).